The Morgan fingerprint density at radius 3 is 2.44 bits per heavy atom. The second-order valence-corrected chi connectivity index (χ2v) is 9.22. The first-order valence-electron chi connectivity index (χ1n) is 10.1. The summed E-state index contributed by atoms with van der Waals surface area (Å²) >= 11 is 1.87. The molecule has 0 saturated carbocycles. The van der Waals surface area contributed by atoms with Crippen molar-refractivity contribution in [3.8, 4) is 0 Å². The number of nitrogens with one attached hydrogen (secondary N) is 3. The van der Waals surface area contributed by atoms with E-state index in [0.717, 1.165) is 36.2 Å². The van der Waals surface area contributed by atoms with E-state index in [9.17, 15) is 4.79 Å². The summed E-state index contributed by atoms with van der Waals surface area (Å²) in [5, 5.41) is 8.53. The summed E-state index contributed by atoms with van der Waals surface area (Å²) in [6, 6.07) is 12.1. The molecule has 2 atom stereocenters. The lowest BCUT2D eigenvalue weighted by molar-refractivity contribution is -0.973. The maximum Gasteiger partial charge on any atom is 0.319 e. The molecule has 2 bridgehead atoms. The molecular weight excluding hydrogens is 354 g/mol. The van der Waals surface area contributed by atoms with Crippen LogP contribution in [0.5, 0.6) is 0 Å². The van der Waals surface area contributed by atoms with E-state index in [2.05, 4.69) is 28.1 Å². The smallest absolute Gasteiger partial charge is 0.319 e. The third-order valence-corrected chi connectivity index (χ3v) is 7.18. The first kappa shape index (κ1) is 18.5. The fourth-order valence-electron chi connectivity index (χ4n) is 5.00. The van der Waals surface area contributed by atoms with Crippen molar-refractivity contribution < 1.29 is 9.69 Å². The Morgan fingerprint density at radius 1 is 1.11 bits per heavy atom. The van der Waals surface area contributed by atoms with Crippen molar-refractivity contribution in [2.45, 2.75) is 70.6 Å². The summed E-state index contributed by atoms with van der Waals surface area (Å²) < 4.78 is 0. The number of benzene rings is 1. The molecule has 27 heavy (non-hydrogen) atoms. The number of amides is 2. The Labute approximate surface area is 166 Å². The number of para-hydroxylation sites is 1. The Morgan fingerprint density at radius 2 is 1.81 bits per heavy atom. The van der Waals surface area contributed by atoms with Crippen LogP contribution in [0.2, 0.25) is 0 Å². The van der Waals surface area contributed by atoms with Gasteiger partial charge in [0.1, 0.15) is 6.54 Å². The normalized spacial score (nSPS) is 27.2. The van der Waals surface area contributed by atoms with E-state index >= 15 is 0 Å². The first-order valence-corrected chi connectivity index (χ1v) is 11.0. The van der Waals surface area contributed by atoms with Crippen LogP contribution >= 0.6 is 11.3 Å². The largest absolute Gasteiger partial charge is 0.335 e. The molecule has 2 aliphatic heterocycles. The van der Waals surface area contributed by atoms with Crippen molar-refractivity contribution in [1.29, 1.82) is 0 Å². The Balaban J connectivity index is 1.38. The minimum atomic E-state index is -0.0582. The van der Waals surface area contributed by atoms with E-state index < -0.39 is 0 Å². The molecule has 2 saturated heterocycles. The van der Waals surface area contributed by atoms with Crippen LogP contribution in [-0.4, -0.2) is 24.2 Å². The van der Waals surface area contributed by atoms with Crippen LogP contribution < -0.4 is 15.5 Å². The van der Waals surface area contributed by atoms with Crippen molar-refractivity contribution in [2.24, 2.45) is 0 Å². The Hall–Kier alpha value is -1.85. The fourth-order valence-corrected chi connectivity index (χ4v) is 5.74. The van der Waals surface area contributed by atoms with Gasteiger partial charge in [-0.2, -0.15) is 0 Å². The van der Waals surface area contributed by atoms with Crippen LogP contribution in [0.3, 0.4) is 0 Å². The highest BCUT2D eigenvalue weighted by atomic mass is 32.1. The predicted octanol–water partition coefficient (Wildman–Crippen LogP) is 3.66. The van der Waals surface area contributed by atoms with Crippen LogP contribution in [0.25, 0.3) is 0 Å². The molecule has 1 aromatic carbocycles. The average molecular weight is 385 g/mol. The van der Waals surface area contributed by atoms with Crippen molar-refractivity contribution >= 4 is 23.1 Å². The third-order valence-electron chi connectivity index (χ3n) is 6.31. The molecule has 2 fully saturated rings. The van der Waals surface area contributed by atoms with Crippen molar-refractivity contribution in [3.05, 3.63) is 51.7 Å². The summed E-state index contributed by atoms with van der Waals surface area (Å²) in [7, 11) is 0. The lowest BCUT2D eigenvalue weighted by Crippen LogP contribution is -3.20. The second-order valence-electron chi connectivity index (χ2n) is 8.19. The lowest BCUT2D eigenvalue weighted by atomic mass is 9.81. The summed E-state index contributed by atoms with van der Waals surface area (Å²) in [5.41, 5.74) is 3.16. The molecule has 5 heteroatoms. The highest BCUT2D eigenvalue weighted by molar-refractivity contribution is 7.09. The van der Waals surface area contributed by atoms with Gasteiger partial charge in [0, 0.05) is 24.6 Å². The molecule has 144 valence electrons. The number of piperidine rings is 2. The lowest BCUT2D eigenvalue weighted by Gasteiger charge is -2.45. The number of hydrogen-bond donors (Lipinski definition) is 3. The molecule has 2 aliphatic rings. The summed E-state index contributed by atoms with van der Waals surface area (Å²) in [4.78, 5) is 15.8. The molecule has 4 rings (SSSR count). The van der Waals surface area contributed by atoms with Crippen LogP contribution in [0.1, 0.15) is 48.1 Å². The summed E-state index contributed by atoms with van der Waals surface area (Å²) in [6.07, 6.45) is 6.10. The van der Waals surface area contributed by atoms with Gasteiger partial charge in [0.25, 0.3) is 0 Å². The van der Waals surface area contributed by atoms with Gasteiger partial charge in [0.15, 0.2) is 0 Å². The molecule has 2 aromatic rings. The number of carbonyl (C=O) groups excluding carboxylic acids is 1. The minimum Gasteiger partial charge on any atom is -0.335 e. The van der Waals surface area contributed by atoms with Crippen LogP contribution in [0, 0.1) is 13.8 Å². The van der Waals surface area contributed by atoms with Crippen LogP contribution in [0.15, 0.2) is 35.7 Å². The van der Waals surface area contributed by atoms with Gasteiger partial charge in [0.05, 0.1) is 17.0 Å². The van der Waals surface area contributed by atoms with Gasteiger partial charge in [0.2, 0.25) is 0 Å². The van der Waals surface area contributed by atoms with Gasteiger partial charge in [-0.1, -0.05) is 24.3 Å². The van der Waals surface area contributed by atoms with Crippen molar-refractivity contribution in [3.63, 3.8) is 0 Å². The molecule has 0 radical (unpaired) electrons. The molecular formula is C22H30N3OS+. The van der Waals surface area contributed by atoms with E-state index in [0.29, 0.717) is 12.1 Å². The SMILES string of the molecule is Cc1cccc(C)c1NC(=O)NC1C[C@H]2CCC[C@H](C1)[NH+]2Cc1cccs1. The summed E-state index contributed by atoms with van der Waals surface area (Å²) in [5.74, 6) is 0. The van der Waals surface area contributed by atoms with Crippen LogP contribution in [0.4, 0.5) is 10.5 Å². The number of carbonyl (C=O) groups is 1. The minimum absolute atomic E-state index is 0.0582. The molecule has 2 amide bonds. The van der Waals surface area contributed by atoms with Crippen LogP contribution in [-0.2, 0) is 6.54 Å². The number of quaternary nitrogens is 1. The molecule has 0 spiro atoms. The number of hydrogen-bond acceptors (Lipinski definition) is 2. The van der Waals surface area contributed by atoms with Gasteiger partial charge in [-0.25, -0.2) is 4.79 Å². The number of rotatable bonds is 4. The number of urea groups is 1. The second kappa shape index (κ2) is 8.03. The van der Waals surface area contributed by atoms with Crippen molar-refractivity contribution in [1.82, 2.24) is 5.32 Å². The molecule has 0 aliphatic carbocycles. The van der Waals surface area contributed by atoms with E-state index in [1.54, 1.807) is 4.90 Å². The topological polar surface area (TPSA) is 45.6 Å². The van der Waals surface area contributed by atoms with Gasteiger partial charge in [-0.15, -0.1) is 11.3 Å². The number of fused-ring (bicyclic) bond motifs is 2. The quantitative estimate of drug-likeness (QED) is 0.740. The number of anilines is 1. The monoisotopic (exact) mass is 384 g/mol. The average Bonchev–Trinajstić information content (AvgIpc) is 3.12. The zero-order valence-electron chi connectivity index (χ0n) is 16.3. The van der Waals surface area contributed by atoms with Gasteiger partial charge >= 0.3 is 6.03 Å². The van der Waals surface area contributed by atoms with E-state index in [1.165, 1.54) is 24.1 Å². The highest BCUT2D eigenvalue weighted by Gasteiger charge is 2.42. The van der Waals surface area contributed by atoms with E-state index in [-0.39, 0.29) is 12.1 Å². The number of aryl methyl sites for hydroxylation is 2. The first-order chi connectivity index (χ1) is 13.1. The Bertz CT molecular complexity index is 755. The number of thiophene rings is 1. The van der Waals surface area contributed by atoms with Crippen molar-refractivity contribution in [2.75, 3.05) is 5.32 Å². The molecule has 3 N–H and O–H groups in total. The predicted molar refractivity (Wildman–Crippen MR) is 112 cm³/mol. The molecule has 0 unspecified atom stereocenters. The third kappa shape index (κ3) is 4.19. The van der Waals surface area contributed by atoms with E-state index in [4.69, 9.17) is 0 Å². The van der Waals surface area contributed by atoms with Gasteiger partial charge in [-0.05, 0) is 55.7 Å². The zero-order valence-corrected chi connectivity index (χ0v) is 17.1. The molecule has 1 aromatic heterocycles. The highest BCUT2D eigenvalue weighted by Crippen LogP contribution is 2.24. The van der Waals surface area contributed by atoms with Gasteiger partial charge < -0.3 is 15.5 Å². The maximum absolute atomic E-state index is 12.6. The molecule has 3 heterocycles. The van der Waals surface area contributed by atoms with Gasteiger partial charge in [-0.3, -0.25) is 0 Å². The standard InChI is InChI=1S/C22H29N3OS/c1-15-6-3-7-16(2)21(15)24-22(26)23-17-12-18-8-4-9-19(13-17)25(18)14-20-10-5-11-27-20/h3,5-7,10-11,17-19H,4,8-9,12-14H2,1-2H3,(H2,23,24,26)/p+1/t18-,19-/m1/s1. The van der Waals surface area contributed by atoms with E-state index in [1.807, 2.05) is 43.4 Å². The maximum atomic E-state index is 12.6. The molecule has 4 nitrogen and oxygen atoms in total. The fraction of sp³-hybridized carbons (Fsp3) is 0.500. The zero-order chi connectivity index (χ0) is 18.8. The Kier molecular flexibility index (Phi) is 5.50. The summed E-state index contributed by atoms with van der Waals surface area (Å²) in [6.45, 7) is 5.23.